The first-order valence-corrected chi connectivity index (χ1v) is 7.22. The highest BCUT2D eigenvalue weighted by atomic mass is 35.5. The molecule has 5 heteroatoms. The maximum absolute atomic E-state index is 11.9. The van der Waals surface area contributed by atoms with E-state index in [1.807, 2.05) is 0 Å². The second-order valence-corrected chi connectivity index (χ2v) is 4.96. The first-order valence-electron chi connectivity index (χ1n) is 6.69. The van der Waals surface area contributed by atoms with Crippen molar-refractivity contribution in [2.24, 2.45) is 5.92 Å². The van der Waals surface area contributed by atoms with E-state index >= 15 is 0 Å². The topological polar surface area (TPSA) is 46.6 Å². The van der Waals surface area contributed by atoms with Crippen molar-refractivity contribution in [1.82, 2.24) is 4.90 Å². The highest BCUT2D eigenvalue weighted by Gasteiger charge is 2.28. The monoisotopic (exact) mass is 275 g/mol. The number of hydrogen-bond donors (Lipinski definition) is 0. The van der Waals surface area contributed by atoms with Crippen molar-refractivity contribution >= 4 is 23.5 Å². The van der Waals surface area contributed by atoms with Crippen LogP contribution in [0.1, 0.15) is 39.0 Å². The molecule has 0 radical (unpaired) electrons. The lowest BCUT2D eigenvalue weighted by molar-refractivity contribution is -0.151. The molecule has 1 fully saturated rings. The van der Waals surface area contributed by atoms with Crippen LogP contribution in [0.15, 0.2) is 0 Å². The molecule has 0 bridgehead atoms. The maximum atomic E-state index is 11.9. The number of alkyl halides is 1. The van der Waals surface area contributed by atoms with Crippen LogP contribution in [0.2, 0.25) is 0 Å². The van der Waals surface area contributed by atoms with Gasteiger partial charge >= 0.3 is 5.97 Å². The second kappa shape index (κ2) is 8.35. The fourth-order valence-electron chi connectivity index (χ4n) is 2.18. The number of hydrogen-bond acceptors (Lipinski definition) is 3. The zero-order chi connectivity index (χ0) is 13.4. The molecular weight excluding hydrogens is 254 g/mol. The Bertz CT molecular complexity index is 283. The summed E-state index contributed by atoms with van der Waals surface area (Å²) in [5.74, 6) is 0.416. The van der Waals surface area contributed by atoms with Gasteiger partial charge in [-0.2, -0.15) is 0 Å². The summed E-state index contributed by atoms with van der Waals surface area (Å²) in [4.78, 5) is 25.4. The third-order valence-corrected chi connectivity index (χ3v) is 3.44. The molecule has 18 heavy (non-hydrogen) atoms. The van der Waals surface area contributed by atoms with Gasteiger partial charge in [-0.3, -0.25) is 9.59 Å². The lowest BCUT2D eigenvalue weighted by Crippen LogP contribution is -2.42. The highest BCUT2D eigenvalue weighted by Crippen LogP contribution is 2.19. The Morgan fingerprint density at radius 3 is 2.83 bits per heavy atom. The second-order valence-electron chi connectivity index (χ2n) is 4.58. The molecule has 1 rings (SSSR count). The Balaban J connectivity index is 2.38. The molecule has 1 unspecified atom stereocenters. The van der Waals surface area contributed by atoms with Gasteiger partial charge in [-0.25, -0.2) is 0 Å². The van der Waals surface area contributed by atoms with E-state index in [-0.39, 0.29) is 17.8 Å². The molecule has 1 amide bonds. The fourth-order valence-corrected chi connectivity index (χ4v) is 2.37. The van der Waals surface area contributed by atoms with Crippen LogP contribution in [0.3, 0.4) is 0 Å². The number of carbonyl (C=O) groups excluding carboxylic acids is 2. The van der Waals surface area contributed by atoms with Crippen molar-refractivity contribution in [2.45, 2.75) is 39.0 Å². The number of piperidine rings is 1. The number of rotatable bonds is 6. The van der Waals surface area contributed by atoms with Crippen molar-refractivity contribution in [2.75, 3.05) is 25.6 Å². The van der Waals surface area contributed by atoms with Crippen LogP contribution in [0.5, 0.6) is 0 Å². The quantitative estimate of drug-likeness (QED) is 0.424. The van der Waals surface area contributed by atoms with E-state index in [4.69, 9.17) is 16.3 Å². The van der Waals surface area contributed by atoms with E-state index < -0.39 is 0 Å². The van der Waals surface area contributed by atoms with Gasteiger partial charge in [0, 0.05) is 25.4 Å². The first kappa shape index (κ1) is 15.3. The van der Waals surface area contributed by atoms with Crippen molar-refractivity contribution in [3.8, 4) is 0 Å². The summed E-state index contributed by atoms with van der Waals surface area (Å²) in [6.45, 7) is 3.48. The van der Waals surface area contributed by atoms with E-state index in [9.17, 15) is 9.59 Å². The lowest BCUT2D eigenvalue weighted by Gasteiger charge is -2.31. The number of likely N-dealkylation sites (tertiary alicyclic amines) is 1. The number of halogens is 1. The van der Waals surface area contributed by atoms with Crippen molar-refractivity contribution in [3.05, 3.63) is 0 Å². The fraction of sp³-hybridized carbons (Fsp3) is 0.846. The summed E-state index contributed by atoms with van der Waals surface area (Å²) < 4.78 is 5.01. The van der Waals surface area contributed by atoms with Crippen LogP contribution < -0.4 is 0 Å². The molecule has 1 heterocycles. The molecule has 104 valence electrons. The summed E-state index contributed by atoms with van der Waals surface area (Å²) in [5, 5.41) is 0. The van der Waals surface area contributed by atoms with Crippen molar-refractivity contribution in [1.29, 1.82) is 0 Å². The summed E-state index contributed by atoms with van der Waals surface area (Å²) in [7, 11) is 0. The van der Waals surface area contributed by atoms with Crippen molar-refractivity contribution in [3.63, 3.8) is 0 Å². The van der Waals surface area contributed by atoms with Gasteiger partial charge in [0.15, 0.2) is 0 Å². The smallest absolute Gasteiger partial charge is 0.310 e. The van der Waals surface area contributed by atoms with E-state index in [1.54, 1.807) is 11.8 Å². The van der Waals surface area contributed by atoms with Gasteiger partial charge in [-0.15, -0.1) is 11.6 Å². The highest BCUT2D eigenvalue weighted by molar-refractivity contribution is 6.17. The van der Waals surface area contributed by atoms with Gasteiger partial charge in [-0.1, -0.05) is 0 Å². The van der Waals surface area contributed by atoms with Crippen molar-refractivity contribution < 1.29 is 14.3 Å². The van der Waals surface area contributed by atoms with Gasteiger partial charge in [0.1, 0.15) is 0 Å². The van der Waals surface area contributed by atoms with Gasteiger partial charge in [0.2, 0.25) is 5.91 Å². The van der Waals surface area contributed by atoms with Crippen LogP contribution in [-0.2, 0) is 14.3 Å². The third kappa shape index (κ3) is 4.84. The van der Waals surface area contributed by atoms with Crippen LogP contribution in [0.4, 0.5) is 0 Å². The standard InChI is InChI=1S/C13H22ClNO3/c1-2-18-13(17)11-6-5-9-15(10-11)12(16)7-3-4-8-14/h11H,2-10H2,1H3. The Labute approximate surface area is 114 Å². The normalized spacial score (nSPS) is 19.7. The van der Waals surface area contributed by atoms with Gasteiger partial charge in [0.05, 0.1) is 12.5 Å². The largest absolute Gasteiger partial charge is 0.466 e. The molecule has 0 aromatic rings. The molecule has 1 aliphatic heterocycles. The van der Waals surface area contributed by atoms with E-state index in [2.05, 4.69) is 0 Å². The molecule has 1 atom stereocenters. The Morgan fingerprint density at radius 1 is 1.39 bits per heavy atom. The molecule has 0 spiro atoms. The molecule has 0 N–H and O–H groups in total. The molecule has 4 nitrogen and oxygen atoms in total. The van der Waals surface area contributed by atoms with Gasteiger partial charge < -0.3 is 9.64 Å². The SMILES string of the molecule is CCOC(=O)C1CCCN(C(=O)CCCCCl)C1. The zero-order valence-corrected chi connectivity index (χ0v) is 11.7. The van der Waals surface area contributed by atoms with Gasteiger partial charge in [0.25, 0.3) is 0 Å². The number of unbranched alkanes of at least 4 members (excludes halogenated alkanes) is 1. The molecule has 0 aromatic heterocycles. The average Bonchev–Trinajstić information content (AvgIpc) is 2.39. The van der Waals surface area contributed by atoms with Crippen LogP contribution in [0, 0.1) is 5.92 Å². The minimum absolute atomic E-state index is 0.133. The predicted octanol–water partition coefficient (Wildman–Crippen LogP) is 2.20. The molecular formula is C13H22ClNO3. The van der Waals surface area contributed by atoms with E-state index in [0.29, 0.717) is 25.5 Å². The molecule has 1 aliphatic rings. The van der Waals surface area contributed by atoms with Crippen LogP contribution in [-0.4, -0.2) is 42.4 Å². The number of nitrogens with zero attached hydrogens (tertiary/aromatic N) is 1. The Morgan fingerprint density at radius 2 is 2.17 bits per heavy atom. The van der Waals surface area contributed by atoms with E-state index in [0.717, 1.165) is 32.2 Å². The third-order valence-electron chi connectivity index (χ3n) is 3.17. The maximum Gasteiger partial charge on any atom is 0.310 e. The molecule has 0 saturated carbocycles. The number of carbonyl (C=O) groups is 2. The summed E-state index contributed by atoms with van der Waals surface area (Å²) >= 11 is 5.58. The van der Waals surface area contributed by atoms with Crippen LogP contribution >= 0.6 is 11.6 Å². The van der Waals surface area contributed by atoms with E-state index in [1.165, 1.54) is 0 Å². The molecule has 1 saturated heterocycles. The molecule has 0 aliphatic carbocycles. The van der Waals surface area contributed by atoms with Gasteiger partial charge in [-0.05, 0) is 32.6 Å². The number of esters is 1. The molecule has 0 aromatic carbocycles. The van der Waals surface area contributed by atoms with Crippen LogP contribution in [0.25, 0.3) is 0 Å². The summed E-state index contributed by atoms with van der Waals surface area (Å²) in [6.07, 6.45) is 3.92. The number of ether oxygens (including phenoxy) is 1. The Kier molecular flexibility index (Phi) is 7.09. The summed E-state index contributed by atoms with van der Waals surface area (Å²) in [5.41, 5.74) is 0. The summed E-state index contributed by atoms with van der Waals surface area (Å²) in [6, 6.07) is 0. The average molecular weight is 276 g/mol. The minimum Gasteiger partial charge on any atom is -0.466 e. The number of amides is 1. The first-order chi connectivity index (χ1) is 8.69. The predicted molar refractivity (Wildman–Crippen MR) is 70.5 cm³/mol. The zero-order valence-electron chi connectivity index (χ0n) is 11.0. The Hall–Kier alpha value is -0.770. The minimum atomic E-state index is -0.171. The lowest BCUT2D eigenvalue weighted by atomic mass is 9.98.